The zero-order valence-corrected chi connectivity index (χ0v) is 16.1. The summed E-state index contributed by atoms with van der Waals surface area (Å²) in [4.78, 5) is 13.2. The minimum Gasteiger partial charge on any atom is -0.494 e. The van der Waals surface area contributed by atoms with Gasteiger partial charge in [-0.1, -0.05) is 12.1 Å². The molecule has 1 aliphatic rings. The number of hydrogen-bond acceptors (Lipinski definition) is 6. The van der Waals surface area contributed by atoms with Crippen molar-refractivity contribution in [3.05, 3.63) is 48.5 Å². The summed E-state index contributed by atoms with van der Waals surface area (Å²) in [5.74, 6) is 1.50. The first-order valence-electron chi connectivity index (χ1n) is 9.41. The molecule has 0 unspecified atom stereocenters. The second-order valence-electron chi connectivity index (χ2n) is 6.58. The number of nitrogens with zero attached hydrogens (tertiary/aromatic N) is 4. The Hall–Kier alpha value is -3.09. The number of piperazine rings is 1. The maximum Gasteiger partial charge on any atom is 0.167 e. The number of methoxy groups -OCH3 is 1. The Labute approximate surface area is 163 Å². The van der Waals surface area contributed by atoms with Crippen LogP contribution in [0, 0.1) is 5.82 Å². The fraction of sp³-hybridized carbons (Fsp3) is 0.333. The van der Waals surface area contributed by atoms with Crippen molar-refractivity contribution in [1.82, 2.24) is 9.97 Å². The maximum absolute atomic E-state index is 14.0. The van der Waals surface area contributed by atoms with Crippen LogP contribution in [0.2, 0.25) is 0 Å². The van der Waals surface area contributed by atoms with Gasteiger partial charge in [0, 0.05) is 37.6 Å². The van der Waals surface area contributed by atoms with E-state index in [1.165, 1.54) is 19.5 Å². The number of aromatic nitrogens is 2. The van der Waals surface area contributed by atoms with Gasteiger partial charge >= 0.3 is 0 Å². The highest BCUT2D eigenvalue weighted by atomic mass is 19.1. The second-order valence-corrected chi connectivity index (χ2v) is 6.58. The van der Waals surface area contributed by atoms with Gasteiger partial charge in [-0.25, -0.2) is 14.4 Å². The summed E-state index contributed by atoms with van der Waals surface area (Å²) in [5.41, 5.74) is 1.69. The van der Waals surface area contributed by atoms with E-state index in [9.17, 15) is 4.39 Å². The van der Waals surface area contributed by atoms with Gasteiger partial charge in [-0.2, -0.15) is 0 Å². The van der Waals surface area contributed by atoms with E-state index in [1.807, 2.05) is 25.1 Å². The lowest BCUT2D eigenvalue weighted by Crippen LogP contribution is -2.47. The van der Waals surface area contributed by atoms with E-state index in [-0.39, 0.29) is 5.75 Å². The predicted molar refractivity (Wildman–Crippen MR) is 108 cm³/mol. The summed E-state index contributed by atoms with van der Waals surface area (Å²) in [6, 6.07) is 11.2. The molecule has 1 fully saturated rings. The van der Waals surface area contributed by atoms with Crippen molar-refractivity contribution in [2.75, 3.05) is 49.7 Å². The monoisotopic (exact) mass is 382 g/mol. The van der Waals surface area contributed by atoms with Crippen LogP contribution < -0.4 is 19.3 Å². The van der Waals surface area contributed by atoms with Gasteiger partial charge in [0.25, 0.3) is 0 Å². The number of para-hydroxylation sites is 2. The van der Waals surface area contributed by atoms with Gasteiger partial charge in [0.2, 0.25) is 0 Å². The minimum absolute atomic E-state index is 0.202. The van der Waals surface area contributed by atoms with E-state index in [0.29, 0.717) is 12.1 Å². The van der Waals surface area contributed by atoms with Gasteiger partial charge in [-0.15, -0.1) is 0 Å². The van der Waals surface area contributed by atoms with Crippen LogP contribution >= 0.6 is 0 Å². The summed E-state index contributed by atoms with van der Waals surface area (Å²) in [6.45, 7) is 5.91. The molecule has 0 atom stereocenters. The van der Waals surface area contributed by atoms with Crippen LogP contribution in [-0.2, 0) is 0 Å². The smallest absolute Gasteiger partial charge is 0.167 e. The predicted octanol–water partition coefficient (Wildman–Crippen LogP) is 3.50. The maximum atomic E-state index is 14.0. The third kappa shape index (κ3) is 3.40. The lowest BCUT2D eigenvalue weighted by molar-refractivity contribution is 0.340. The van der Waals surface area contributed by atoms with Crippen molar-refractivity contribution in [3.63, 3.8) is 0 Å². The molecule has 4 rings (SSSR count). The Morgan fingerprint density at radius 1 is 1.00 bits per heavy atom. The van der Waals surface area contributed by atoms with E-state index in [1.54, 1.807) is 6.07 Å². The molecule has 28 heavy (non-hydrogen) atoms. The lowest BCUT2D eigenvalue weighted by atomic mass is 10.2. The summed E-state index contributed by atoms with van der Waals surface area (Å²) < 4.78 is 24.9. The third-order valence-corrected chi connectivity index (χ3v) is 4.97. The Bertz CT molecular complexity index is 974. The van der Waals surface area contributed by atoms with E-state index < -0.39 is 5.82 Å². The molecule has 146 valence electrons. The number of anilines is 2. The lowest BCUT2D eigenvalue weighted by Gasteiger charge is -2.37. The molecule has 1 saturated heterocycles. The van der Waals surface area contributed by atoms with Crippen molar-refractivity contribution in [2.24, 2.45) is 0 Å². The van der Waals surface area contributed by atoms with Crippen molar-refractivity contribution in [1.29, 1.82) is 0 Å². The van der Waals surface area contributed by atoms with Crippen molar-refractivity contribution in [3.8, 4) is 11.5 Å². The number of halogens is 1. The molecule has 2 aromatic carbocycles. The summed E-state index contributed by atoms with van der Waals surface area (Å²) in [7, 11) is 1.46. The molecular weight excluding hydrogens is 359 g/mol. The van der Waals surface area contributed by atoms with Crippen LogP contribution in [0.25, 0.3) is 10.9 Å². The van der Waals surface area contributed by atoms with Gasteiger partial charge in [0.05, 0.1) is 24.9 Å². The zero-order valence-electron chi connectivity index (χ0n) is 16.1. The Morgan fingerprint density at radius 3 is 2.50 bits per heavy atom. The van der Waals surface area contributed by atoms with Crippen LogP contribution in [0.4, 0.5) is 15.9 Å². The Kier molecular flexibility index (Phi) is 5.14. The normalized spacial score (nSPS) is 14.4. The van der Waals surface area contributed by atoms with E-state index in [2.05, 4.69) is 25.8 Å². The molecule has 3 aromatic rings. The van der Waals surface area contributed by atoms with Crippen molar-refractivity contribution >= 4 is 22.4 Å². The summed E-state index contributed by atoms with van der Waals surface area (Å²) >= 11 is 0. The van der Waals surface area contributed by atoms with E-state index in [0.717, 1.165) is 48.8 Å². The molecule has 1 aromatic heterocycles. The standard InChI is InChI=1S/C21H23FN4O2/c1-3-28-19-7-5-4-6-18(19)25-8-10-26(11-9-25)21-15-12-20(27-2)16(22)13-17(15)23-14-24-21/h4-7,12-14H,3,8-11H2,1-2H3. The minimum atomic E-state index is -0.419. The van der Waals surface area contributed by atoms with Crippen LogP contribution in [0.15, 0.2) is 42.7 Å². The fourth-order valence-electron chi connectivity index (χ4n) is 3.61. The first kappa shape index (κ1) is 18.3. The number of fused-ring (bicyclic) bond motifs is 1. The molecule has 1 aliphatic heterocycles. The third-order valence-electron chi connectivity index (χ3n) is 4.97. The molecular formula is C21H23FN4O2. The highest BCUT2D eigenvalue weighted by Crippen LogP contribution is 2.32. The van der Waals surface area contributed by atoms with Gasteiger partial charge in [0.15, 0.2) is 11.6 Å². The van der Waals surface area contributed by atoms with Gasteiger partial charge in [-0.3, -0.25) is 0 Å². The molecule has 6 nitrogen and oxygen atoms in total. The zero-order chi connectivity index (χ0) is 19.5. The first-order valence-corrected chi connectivity index (χ1v) is 9.41. The Morgan fingerprint density at radius 2 is 1.75 bits per heavy atom. The number of ether oxygens (including phenoxy) is 2. The molecule has 0 spiro atoms. The fourth-order valence-corrected chi connectivity index (χ4v) is 3.61. The molecule has 0 bridgehead atoms. The Balaban J connectivity index is 1.58. The average molecular weight is 382 g/mol. The van der Waals surface area contributed by atoms with Crippen LogP contribution in [0.3, 0.4) is 0 Å². The molecule has 0 saturated carbocycles. The van der Waals surface area contributed by atoms with Gasteiger partial charge in [-0.05, 0) is 25.1 Å². The largest absolute Gasteiger partial charge is 0.494 e. The van der Waals surface area contributed by atoms with E-state index >= 15 is 0 Å². The van der Waals surface area contributed by atoms with E-state index in [4.69, 9.17) is 9.47 Å². The van der Waals surface area contributed by atoms with Gasteiger partial charge in [0.1, 0.15) is 17.9 Å². The molecule has 2 heterocycles. The molecule has 0 radical (unpaired) electrons. The highest BCUT2D eigenvalue weighted by molar-refractivity contribution is 5.90. The SMILES string of the molecule is CCOc1ccccc1N1CCN(c2ncnc3cc(F)c(OC)cc23)CC1. The second kappa shape index (κ2) is 7.88. The van der Waals surface area contributed by atoms with Crippen LogP contribution in [-0.4, -0.2) is 49.9 Å². The molecule has 0 N–H and O–H groups in total. The quantitative estimate of drug-likeness (QED) is 0.673. The summed E-state index contributed by atoms with van der Waals surface area (Å²) in [6.07, 6.45) is 1.49. The average Bonchev–Trinajstić information content (AvgIpc) is 2.73. The van der Waals surface area contributed by atoms with Crippen molar-refractivity contribution in [2.45, 2.75) is 6.92 Å². The number of benzene rings is 2. The molecule has 7 heteroatoms. The molecule has 0 aliphatic carbocycles. The summed E-state index contributed by atoms with van der Waals surface area (Å²) in [5, 5.41) is 0.795. The first-order chi connectivity index (χ1) is 13.7. The topological polar surface area (TPSA) is 50.7 Å². The highest BCUT2D eigenvalue weighted by Gasteiger charge is 2.22. The number of hydrogen-bond donors (Lipinski definition) is 0. The number of rotatable bonds is 5. The van der Waals surface area contributed by atoms with Crippen molar-refractivity contribution < 1.29 is 13.9 Å². The molecule has 0 amide bonds. The van der Waals surface area contributed by atoms with Crippen LogP contribution in [0.1, 0.15) is 6.92 Å². The van der Waals surface area contributed by atoms with Crippen LogP contribution in [0.5, 0.6) is 11.5 Å². The van der Waals surface area contributed by atoms with Gasteiger partial charge < -0.3 is 19.3 Å².